The zero-order chi connectivity index (χ0) is 16.2. The van der Waals surface area contributed by atoms with E-state index in [1.807, 2.05) is 0 Å². The summed E-state index contributed by atoms with van der Waals surface area (Å²) in [6, 6.07) is 3.08. The van der Waals surface area contributed by atoms with Crippen LogP contribution < -0.4 is 5.32 Å². The average Bonchev–Trinajstić information content (AvgIpc) is 2.85. The first-order chi connectivity index (χ1) is 9.64. The molecule has 1 amide bonds. The highest BCUT2D eigenvalue weighted by molar-refractivity contribution is 7.91. The third-order valence-electron chi connectivity index (χ3n) is 2.77. The van der Waals surface area contributed by atoms with Crippen molar-refractivity contribution in [3.63, 3.8) is 0 Å². The van der Waals surface area contributed by atoms with E-state index in [1.54, 1.807) is 6.07 Å². The fourth-order valence-corrected chi connectivity index (χ4v) is 4.28. The molecule has 1 rings (SSSR count). The molecule has 1 heterocycles. The monoisotopic (exact) mass is 334 g/mol. The van der Waals surface area contributed by atoms with Crippen molar-refractivity contribution >= 4 is 33.2 Å². The van der Waals surface area contributed by atoms with Crippen molar-refractivity contribution in [2.24, 2.45) is 5.92 Å². The number of hydrogen-bond donors (Lipinski definition) is 2. The van der Waals surface area contributed by atoms with Crippen molar-refractivity contribution < 1.29 is 23.1 Å². The van der Waals surface area contributed by atoms with Gasteiger partial charge in [-0.05, 0) is 12.1 Å². The van der Waals surface area contributed by atoms with Crippen molar-refractivity contribution in [2.75, 3.05) is 13.6 Å². The van der Waals surface area contributed by atoms with Crippen LogP contribution in [0.3, 0.4) is 0 Å². The molecule has 9 heteroatoms. The Hall–Kier alpha value is -1.45. The minimum atomic E-state index is -3.71. The fraction of sp³-hybridized carbons (Fsp3) is 0.500. The van der Waals surface area contributed by atoms with Crippen molar-refractivity contribution in [3.05, 3.63) is 17.0 Å². The molecule has 1 aromatic heterocycles. The molecule has 7 nitrogen and oxygen atoms in total. The van der Waals surface area contributed by atoms with Gasteiger partial charge in [0.1, 0.15) is 4.21 Å². The summed E-state index contributed by atoms with van der Waals surface area (Å²) in [5.74, 6) is -2.03. The average molecular weight is 334 g/mol. The van der Waals surface area contributed by atoms with E-state index in [0.29, 0.717) is 4.88 Å². The van der Waals surface area contributed by atoms with Crippen molar-refractivity contribution in [1.82, 2.24) is 9.62 Å². The van der Waals surface area contributed by atoms with Crippen LogP contribution >= 0.6 is 11.3 Å². The molecule has 0 aliphatic heterocycles. The van der Waals surface area contributed by atoms with Gasteiger partial charge in [-0.25, -0.2) is 8.42 Å². The summed E-state index contributed by atoms with van der Waals surface area (Å²) in [5, 5.41) is 11.4. The summed E-state index contributed by atoms with van der Waals surface area (Å²) in [7, 11) is -2.36. The molecule has 0 saturated carbocycles. The molecular formula is C12H18N2O5S2. The standard InChI is InChI=1S/C12H18N2O5S2/c1-8(12(16)17)7-14(3)21(18,19)11-5-4-10(20-11)6-13-9(2)15/h4-5,8H,6-7H2,1-3H3,(H,13,15)(H,16,17). The van der Waals surface area contributed by atoms with E-state index in [2.05, 4.69) is 5.32 Å². The van der Waals surface area contributed by atoms with Crippen LogP contribution in [0, 0.1) is 5.92 Å². The molecule has 0 saturated heterocycles. The second-order valence-electron chi connectivity index (χ2n) is 4.66. The second-order valence-corrected chi connectivity index (χ2v) is 8.10. The highest BCUT2D eigenvalue weighted by atomic mass is 32.2. The number of sulfonamides is 1. The number of carboxylic acids is 1. The summed E-state index contributed by atoms with van der Waals surface area (Å²) in [6.07, 6.45) is 0. The molecule has 0 radical (unpaired) electrons. The van der Waals surface area contributed by atoms with Gasteiger partial charge >= 0.3 is 5.97 Å². The molecule has 1 aromatic rings. The minimum Gasteiger partial charge on any atom is -0.481 e. The van der Waals surface area contributed by atoms with E-state index < -0.39 is 21.9 Å². The van der Waals surface area contributed by atoms with Crippen LogP contribution in [-0.2, 0) is 26.2 Å². The van der Waals surface area contributed by atoms with Crippen molar-refractivity contribution in [3.8, 4) is 0 Å². The third-order valence-corrected chi connectivity index (χ3v) is 6.14. The first-order valence-corrected chi connectivity index (χ1v) is 8.42. The van der Waals surface area contributed by atoms with Crippen LogP contribution in [-0.4, -0.2) is 43.3 Å². The van der Waals surface area contributed by atoms with Gasteiger partial charge in [-0.1, -0.05) is 6.92 Å². The highest BCUT2D eigenvalue weighted by Gasteiger charge is 2.26. The van der Waals surface area contributed by atoms with Gasteiger partial charge in [0, 0.05) is 25.4 Å². The topological polar surface area (TPSA) is 104 Å². The van der Waals surface area contributed by atoms with Gasteiger partial charge in [0.25, 0.3) is 10.0 Å². The largest absolute Gasteiger partial charge is 0.481 e. The number of carbonyl (C=O) groups is 2. The molecule has 1 atom stereocenters. The Morgan fingerprint density at radius 3 is 2.57 bits per heavy atom. The van der Waals surface area contributed by atoms with Crippen LogP contribution in [0.2, 0.25) is 0 Å². The second kappa shape index (κ2) is 7.01. The van der Waals surface area contributed by atoms with E-state index in [4.69, 9.17) is 5.11 Å². The molecule has 0 spiro atoms. The Kier molecular flexibility index (Phi) is 5.87. The van der Waals surface area contributed by atoms with E-state index in [-0.39, 0.29) is 23.2 Å². The molecule has 0 aromatic carbocycles. The van der Waals surface area contributed by atoms with Gasteiger partial charge in [0.2, 0.25) is 5.91 Å². The Bertz CT molecular complexity index is 623. The van der Waals surface area contributed by atoms with Crippen molar-refractivity contribution in [2.45, 2.75) is 24.6 Å². The van der Waals surface area contributed by atoms with Crippen LogP contribution in [0.15, 0.2) is 16.3 Å². The lowest BCUT2D eigenvalue weighted by Gasteiger charge is -2.18. The van der Waals surface area contributed by atoms with Gasteiger partial charge in [-0.15, -0.1) is 11.3 Å². The SMILES string of the molecule is CC(=O)NCc1ccc(S(=O)(=O)N(C)CC(C)C(=O)O)s1. The first-order valence-electron chi connectivity index (χ1n) is 6.17. The van der Waals surface area contributed by atoms with Crippen LogP contribution in [0.1, 0.15) is 18.7 Å². The number of thiophene rings is 1. The molecule has 2 N–H and O–H groups in total. The zero-order valence-electron chi connectivity index (χ0n) is 12.0. The number of carbonyl (C=O) groups excluding carboxylic acids is 1. The number of nitrogens with one attached hydrogen (secondary N) is 1. The smallest absolute Gasteiger partial charge is 0.307 e. The predicted molar refractivity (Wildman–Crippen MR) is 78.5 cm³/mol. The molecule has 0 fully saturated rings. The fourth-order valence-electron chi connectivity index (χ4n) is 1.52. The van der Waals surface area contributed by atoms with Gasteiger partial charge in [-0.3, -0.25) is 9.59 Å². The number of aliphatic carboxylic acids is 1. The van der Waals surface area contributed by atoms with E-state index in [1.165, 1.54) is 27.0 Å². The molecular weight excluding hydrogens is 316 g/mol. The maximum atomic E-state index is 12.3. The lowest BCUT2D eigenvalue weighted by Crippen LogP contribution is -2.33. The summed E-state index contributed by atoms with van der Waals surface area (Å²) < 4.78 is 25.8. The summed E-state index contributed by atoms with van der Waals surface area (Å²) >= 11 is 1.05. The highest BCUT2D eigenvalue weighted by Crippen LogP contribution is 2.24. The normalized spacial score (nSPS) is 13.1. The number of amides is 1. The minimum absolute atomic E-state index is 0.101. The zero-order valence-corrected chi connectivity index (χ0v) is 13.6. The number of rotatable bonds is 7. The Labute approximate surface area is 127 Å². The number of carboxylic acid groups (broad SMARTS) is 1. The Morgan fingerprint density at radius 1 is 1.43 bits per heavy atom. The predicted octanol–water partition coefficient (Wildman–Crippen LogP) is 0.725. The number of nitrogens with zero attached hydrogens (tertiary/aromatic N) is 1. The molecule has 0 aliphatic carbocycles. The molecule has 1 unspecified atom stereocenters. The van der Waals surface area contributed by atoms with Gasteiger partial charge in [0.05, 0.1) is 12.5 Å². The van der Waals surface area contributed by atoms with E-state index in [0.717, 1.165) is 15.6 Å². The van der Waals surface area contributed by atoms with Crippen LogP contribution in [0.25, 0.3) is 0 Å². The third kappa shape index (κ3) is 4.80. The van der Waals surface area contributed by atoms with Gasteiger partial charge in [0.15, 0.2) is 0 Å². The summed E-state index contributed by atoms with van der Waals surface area (Å²) in [4.78, 5) is 22.3. The summed E-state index contributed by atoms with van der Waals surface area (Å²) in [6.45, 7) is 3.00. The van der Waals surface area contributed by atoms with Crippen LogP contribution in [0.5, 0.6) is 0 Å². The van der Waals surface area contributed by atoms with E-state index >= 15 is 0 Å². The first kappa shape index (κ1) is 17.6. The molecule has 21 heavy (non-hydrogen) atoms. The van der Waals surface area contributed by atoms with Crippen LogP contribution in [0.4, 0.5) is 0 Å². The van der Waals surface area contributed by atoms with Crippen molar-refractivity contribution in [1.29, 1.82) is 0 Å². The quantitative estimate of drug-likeness (QED) is 0.765. The summed E-state index contributed by atoms with van der Waals surface area (Å²) in [5.41, 5.74) is 0. The maximum Gasteiger partial charge on any atom is 0.307 e. The lowest BCUT2D eigenvalue weighted by atomic mass is 10.2. The molecule has 0 aliphatic rings. The Morgan fingerprint density at radius 2 is 2.05 bits per heavy atom. The number of hydrogen-bond acceptors (Lipinski definition) is 5. The maximum absolute atomic E-state index is 12.3. The van der Waals surface area contributed by atoms with E-state index in [9.17, 15) is 18.0 Å². The lowest BCUT2D eigenvalue weighted by molar-refractivity contribution is -0.141. The molecule has 0 bridgehead atoms. The van der Waals surface area contributed by atoms with Gasteiger partial charge < -0.3 is 10.4 Å². The van der Waals surface area contributed by atoms with Gasteiger partial charge in [-0.2, -0.15) is 4.31 Å². The molecule has 118 valence electrons. The Balaban J connectivity index is 2.82.